The van der Waals surface area contributed by atoms with Crippen LogP contribution in [0, 0.1) is 10.1 Å². The van der Waals surface area contributed by atoms with Crippen molar-refractivity contribution in [2.75, 3.05) is 34.9 Å². The predicted molar refractivity (Wildman–Crippen MR) is 82.1 cm³/mol. The van der Waals surface area contributed by atoms with E-state index in [1.807, 2.05) is 0 Å². The number of rotatable bonds is 4. The normalized spacial score (nSPS) is 13.0. The first-order valence-electron chi connectivity index (χ1n) is 6.09. The summed E-state index contributed by atoms with van der Waals surface area (Å²) in [5, 5.41) is 10.6. The molecule has 8 nitrogen and oxygen atoms in total. The number of benzene rings is 1. The maximum atomic E-state index is 12.4. The third-order valence-corrected chi connectivity index (χ3v) is 3.49. The smallest absolute Gasteiger partial charge is 0.361 e. The first kappa shape index (κ1) is 17.0. The first-order chi connectivity index (χ1) is 9.62. The molecule has 1 aromatic rings. The molecule has 1 rings (SSSR count). The van der Waals surface area contributed by atoms with Crippen LogP contribution in [-0.4, -0.2) is 55.5 Å². The van der Waals surface area contributed by atoms with Gasteiger partial charge in [-0.05, 0) is 12.1 Å². The second-order valence-corrected chi connectivity index (χ2v) is 6.82. The lowest BCUT2D eigenvalue weighted by molar-refractivity contribution is -0.384. The monoisotopic (exact) mass is 314 g/mol. The van der Waals surface area contributed by atoms with Gasteiger partial charge in [-0.25, -0.2) is 0 Å². The van der Waals surface area contributed by atoms with E-state index >= 15 is 0 Å². The van der Waals surface area contributed by atoms with E-state index in [0.29, 0.717) is 5.96 Å². The molecule has 0 saturated carbocycles. The number of nitrogens with zero attached hydrogens (tertiary/aromatic N) is 4. The molecule has 0 aliphatic heterocycles. The number of nitro groups is 1. The van der Waals surface area contributed by atoms with Gasteiger partial charge >= 0.3 is 7.52 Å². The summed E-state index contributed by atoms with van der Waals surface area (Å²) in [7, 11) is 3.85. The molecule has 0 radical (unpaired) electrons. The van der Waals surface area contributed by atoms with E-state index in [-0.39, 0.29) is 11.4 Å². The van der Waals surface area contributed by atoms with Gasteiger partial charge in [-0.15, -0.1) is 0 Å². The topological polar surface area (TPSA) is 88.3 Å². The number of nitro benzene ring substituents is 1. The fourth-order valence-corrected chi connectivity index (χ4v) is 2.82. The minimum absolute atomic E-state index is 0.0564. The van der Waals surface area contributed by atoms with Crippen LogP contribution in [0.1, 0.15) is 0 Å². The van der Waals surface area contributed by atoms with Crippen LogP contribution < -0.4 is 4.52 Å². The molecule has 0 bridgehead atoms. The molecule has 0 heterocycles. The Morgan fingerprint density at radius 3 is 2.05 bits per heavy atom. The Morgan fingerprint density at radius 1 is 1.19 bits per heavy atom. The highest BCUT2D eigenvalue weighted by atomic mass is 31.2. The van der Waals surface area contributed by atoms with Gasteiger partial charge in [-0.2, -0.15) is 4.76 Å². The Hall–Kier alpha value is -2.08. The lowest BCUT2D eigenvalue weighted by atomic mass is 10.3. The molecule has 0 saturated heterocycles. The van der Waals surface area contributed by atoms with Crippen molar-refractivity contribution >= 4 is 19.2 Å². The summed E-state index contributed by atoms with van der Waals surface area (Å²) in [6.07, 6.45) is 0. The molecule has 0 spiro atoms. The number of hydrogen-bond donors (Lipinski definition) is 0. The van der Waals surface area contributed by atoms with Gasteiger partial charge in [0.05, 0.1) is 4.92 Å². The van der Waals surface area contributed by atoms with E-state index in [9.17, 15) is 14.7 Å². The van der Waals surface area contributed by atoms with Crippen molar-refractivity contribution < 1.29 is 14.0 Å². The van der Waals surface area contributed by atoms with Crippen LogP contribution in [0.2, 0.25) is 0 Å². The van der Waals surface area contributed by atoms with Crippen molar-refractivity contribution in [3.63, 3.8) is 0 Å². The van der Waals surface area contributed by atoms with E-state index in [2.05, 4.69) is 4.76 Å². The molecule has 116 valence electrons. The van der Waals surface area contributed by atoms with Gasteiger partial charge in [0.2, 0.25) is 5.96 Å². The van der Waals surface area contributed by atoms with Crippen LogP contribution in [-0.2, 0) is 4.57 Å². The number of non-ortho nitro benzene ring substituents is 1. The molecule has 0 aromatic heterocycles. The quantitative estimate of drug-likeness (QED) is 0.278. The molecule has 0 aliphatic rings. The van der Waals surface area contributed by atoms with Gasteiger partial charge < -0.3 is 14.3 Å². The fraction of sp³-hybridized carbons (Fsp3) is 0.417. The van der Waals surface area contributed by atoms with E-state index < -0.39 is 12.4 Å². The van der Waals surface area contributed by atoms with Crippen molar-refractivity contribution in [1.29, 1.82) is 0 Å². The summed E-state index contributed by atoms with van der Waals surface area (Å²) >= 11 is 0. The molecule has 0 amide bonds. The first-order valence-corrected chi connectivity index (χ1v) is 8.11. The molecule has 0 N–H and O–H groups in total. The zero-order valence-corrected chi connectivity index (χ0v) is 13.6. The van der Waals surface area contributed by atoms with Gasteiger partial charge in [0.25, 0.3) is 5.69 Å². The molecule has 1 aromatic carbocycles. The van der Waals surface area contributed by atoms with Crippen molar-refractivity contribution in [3.05, 3.63) is 34.4 Å². The lowest BCUT2D eigenvalue weighted by Crippen LogP contribution is -2.35. The largest absolute Gasteiger partial charge is 0.428 e. The van der Waals surface area contributed by atoms with Gasteiger partial charge in [-0.1, -0.05) is 0 Å². The number of hydrogen-bond acceptors (Lipinski definition) is 4. The van der Waals surface area contributed by atoms with E-state index in [0.717, 1.165) is 0 Å². The van der Waals surface area contributed by atoms with Crippen LogP contribution in [0.15, 0.2) is 29.0 Å². The zero-order valence-electron chi connectivity index (χ0n) is 12.7. The van der Waals surface area contributed by atoms with Crippen molar-refractivity contribution in [1.82, 2.24) is 9.80 Å². The highest BCUT2D eigenvalue weighted by Gasteiger charge is 2.20. The van der Waals surface area contributed by atoms with Crippen molar-refractivity contribution in [2.45, 2.75) is 0 Å². The van der Waals surface area contributed by atoms with Crippen molar-refractivity contribution in [2.24, 2.45) is 4.76 Å². The van der Waals surface area contributed by atoms with Gasteiger partial charge in [0.15, 0.2) is 0 Å². The molecule has 9 heteroatoms. The maximum Gasteiger partial charge on any atom is 0.361 e. The summed E-state index contributed by atoms with van der Waals surface area (Å²) in [6, 6.07) is 5.37. The van der Waals surface area contributed by atoms with Crippen LogP contribution in [0.25, 0.3) is 0 Å². The van der Waals surface area contributed by atoms with Gasteiger partial charge in [-0.3, -0.25) is 14.7 Å². The van der Waals surface area contributed by atoms with E-state index in [1.54, 1.807) is 38.0 Å². The minimum atomic E-state index is -3.28. The summed E-state index contributed by atoms with van der Waals surface area (Å²) in [5.74, 6) is 0.773. The molecule has 0 aliphatic carbocycles. The zero-order chi connectivity index (χ0) is 16.2. The fourth-order valence-electron chi connectivity index (χ4n) is 1.59. The average Bonchev–Trinajstić information content (AvgIpc) is 2.35. The summed E-state index contributed by atoms with van der Waals surface area (Å²) in [5.41, 5.74) is -0.0564. The molecule has 1 atom stereocenters. The minimum Gasteiger partial charge on any atom is -0.428 e. The van der Waals surface area contributed by atoms with Gasteiger partial charge in [0, 0.05) is 47.0 Å². The molecule has 21 heavy (non-hydrogen) atoms. The highest BCUT2D eigenvalue weighted by molar-refractivity contribution is 7.57. The Bertz CT molecular complexity index is 573. The maximum absolute atomic E-state index is 12.4. The molecule has 0 fully saturated rings. The average molecular weight is 314 g/mol. The Balaban J connectivity index is 2.96. The Kier molecular flexibility index (Phi) is 5.32. The SMILES string of the molecule is CN(C)C(=NP(C)(=O)Oc1ccc([N+](=O)[O-])cc1)N(C)C. The summed E-state index contributed by atoms with van der Waals surface area (Å²) < 4.78 is 21.9. The van der Waals surface area contributed by atoms with E-state index in [4.69, 9.17) is 4.52 Å². The predicted octanol–water partition coefficient (Wildman–Crippen LogP) is 2.28. The molecular formula is C12H19N4O4P. The second-order valence-electron chi connectivity index (χ2n) is 4.83. The van der Waals surface area contributed by atoms with Crippen LogP contribution >= 0.6 is 7.52 Å². The van der Waals surface area contributed by atoms with Gasteiger partial charge in [0.1, 0.15) is 5.75 Å². The van der Waals surface area contributed by atoms with Crippen molar-refractivity contribution in [3.8, 4) is 5.75 Å². The molecule has 1 unspecified atom stereocenters. The lowest BCUT2D eigenvalue weighted by Gasteiger charge is -2.24. The summed E-state index contributed by atoms with van der Waals surface area (Å²) in [4.78, 5) is 13.5. The summed E-state index contributed by atoms with van der Waals surface area (Å²) in [6.45, 7) is 1.39. The Labute approximate surface area is 123 Å². The Morgan fingerprint density at radius 2 is 1.67 bits per heavy atom. The van der Waals surface area contributed by atoms with Crippen LogP contribution in [0.4, 0.5) is 5.69 Å². The third-order valence-electron chi connectivity index (χ3n) is 2.39. The highest BCUT2D eigenvalue weighted by Crippen LogP contribution is 2.45. The van der Waals surface area contributed by atoms with Crippen LogP contribution in [0.3, 0.4) is 0 Å². The van der Waals surface area contributed by atoms with E-state index in [1.165, 1.54) is 30.9 Å². The third kappa shape index (κ3) is 5.07. The second kappa shape index (κ2) is 6.58. The standard InChI is InChI=1S/C12H19N4O4P/c1-14(2)12(15(3)4)13-21(5,19)20-11-8-6-10(7-9-11)16(17)18/h6-9H,1-5H3. The number of guanidine groups is 1. The van der Waals surface area contributed by atoms with Crippen LogP contribution in [0.5, 0.6) is 5.75 Å². The molecular weight excluding hydrogens is 295 g/mol.